The Balaban J connectivity index is 2.36. The molecule has 98 valence electrons. The minimum atomic E-state index is -0.276. The molecule has 0 spiro atoms. The molecule has 1 heterocycles. The van der Waals surface area contributed by atoms with Crippen LogP contribution in [0.2, 0.25) is 0 Å². The fourth-order valence-electron chi connectivity index (χ4n) is 2.49. The Morgan fingerprint density at radius 2 is 2.06 bits per heavy atom. The van der Waals surface area contributed by atoms with Gasteiger partial charge in [-0.3, -0.25) is 4.68 Å². The Bertz CT molecular complexity index is 338. The molecule has 3 heteroatoms. The Labute approximate surface area is 105 Å². The van der Waals surface area contributed by atoms with E-state index in [0.29, 0.717) is 17.8 Å². The zero-order valence-corrected chi connectivity index (χ0v) is 11.8. The Hall–Kier alpha value is -0.830. The quantitative estimate of drug-likeness (QED) is 0.856. The first-order valence-corrected chi connectivity index (χ1v) is 6.43. The standard InChI is InChI=1S/C14H26N2O/c1-11(10-14(2,3)4)8-13(17)9-12-6-7-16(5)15-12/h6-7,11,13,17H,8-10H2,1-5H3. The maximum absolute atomic E-state index is 10.0. The smallest absolute Gasteiger partial charge is 0.0650 e. The van der Waals surface area contributed by atoms with Crippen molar-refractivity contribution in [2.75, 3.05) is 0 Å². The number of aryl methyl sites for hydroxylation is 1. The van der Waals surface area contributed by atoms with Crippen LogP contribution in [-0.2, 0) is 13.5 Å². The van der Waals surface area contributed by atoms with Crippen molar-refractivity contribution in [3.8, 4) is 0 Å². The summed E-state index contributed by atoms with van der Waals surface area (Å²) in [7, 11) is 1.90. The van der Waals surface area contributed by atoms with Crippen LogP contribution >= 0.6 is 0 Å². The molecule has 2 atom stereocenters. The molecule has 0 aliphatic heterocycles. The van der Waals surface area contributed by atoms with E-state index in [9.17, 15) is 5.11 Å². The van der Waals surface area contributed by atoms with Crippen molar-refractivity contribution in [1.82, 2.24) is 9.78 Å². The molecule has 17 heavy (non-hydrogen) atoms. The topological polar surface area (TPSA) is 38.0 Å². The first kappa shape index (κ1) is 14.2. The fourth-order valence-corrected chi connectivity index (χ4v) is 2.49. The number of hydrogen-bond donors (Lipinski definition) is 1. The lowest BCUT2D eigenvalue weighted by Crippen LogP contribution is -2.19. The molecule has 3 nitrogen and oxygen atoms in total. The number of nitrogens with zero attached hydrogens (tertiary/aromatic N) is 2. The van der Waals surface area contributed by atoms with Crippen LogP contribution in [0.15, 0.2) is 12.3 Å². The molecule has 0 fully saturated rings. The lowest BCUT2D eigenvalue weighted by molar-refractivity contribution is 0.132. The molecule has 0 aromatic carbocycles. The van der Waals surface area contributed by atoms with Crippen LogP contribution in [0.1, 0.15) is 46.2 Å². The number of aromatic nitrogens is 2. The highest BCUT2D eigenvalue weighted by Gasteiger charge is 2.18. The first-order chi connectivity index (χ1) is 7.76. The monoisotopic (exact) mass is 238 g/mol. The van der Waals surface area contributed by atoms with Crippen molar-refractivity contribution in [3.05, 3.63) is 18.0 Å². The maximum Gasteiger partial charge on any atom is 0.0650 e. The van der Waals surface area contributed by atoms with E-state index in [1.54, 1.807) is 4.68 Å². The SMILES string of the molecule is CC(CC(O)Cc1ccn(C)n1)CC(C)(C)C. The second kappa shape index (κ2) is 5.67. The highest BCUT2D eigenvalue weighted by Crippen LogP contribution is 2.27. The molecule has 1 aromatic heterocycles. The molecular weight excluding hydrogens is 212 g/mol. The fraction of sp³-hybridized carbons (Fsp3) is 0.786. The van der Waals surface area contributed by atoms with Gasteiger partial charge in [-0.1, -0.05) is 27.7 Å². The molecule has 1 N–H and O–H groups in total. The summed E-state index contributed by atoms with van der Waals surface area (Å²) < 4.78 is 1.78. The summed E-state index contributed by atoms with van der Waals surface area (Å²) in [5.74, 6) is 0.550. The highest BCUT2D eigenvalue weighted by atomic mass is 16.3. The summed E-state index contributed by atoms with van der Waals surface area (Å²) in [6.45, 7) is 8.95. The van der Waals surface area contributed by atoms with Gasteiger partial charge < -0.3 is 5.11 Å². The van der Waals surface area contributed by atoms with Crippen molar-refractivity contribution in [2.45, 2.75) is 53.1 Å². The van der Waals surface area contributed by atoms with Gasteiger partial charge in [-0.05, 0) is 30.2 Å². The van der Waals surface area contributed by atoms with Gasteiger partial charge in [-0.2, -0.15) is 5.10 Å². The van der Waals surface area contributed by atoms with E-state index in [4.69, 9.17) is 0 Å². The largest absolute Gasteiger partial charge is 0.393 e. The summed E-state index contributed by atoms with van der Waals surface area (Å²) in [6.07, 6.45) is 4.30. The summed E-state index contributed by atoms with van der Waals surface area (Å²) in [6, 6.07) is 1.97. The summed E-state index contributed by atoms with van der Waals surface area (Å²) in [5, 5.41) is 14.3. The van der Waals surface area contributed by atoms with Gasteiger partial charge in [0.15, 0.2) is 0 Å². The highest BCUT2D eigenvalue weighted by molar-refractivity contribution is 5.00. The maximum atomic E-state index is 10.0. The predicted octanol–water partition coefficient (Wildman–Crippen LogP) is 2.79. The third-order valence-electron chi connectivity index (χ3n) is 2.85. The van der Waals surface area contributed by atoms with Gasteiger partial charge >= 0.3 is 0 Å². The van der Waals surface area contributed by atoms with Gasteiger partial charge in [0.1, 0.15) is 0 Å². The Morgan fingerprint density at radius 3 is 2.53 bits per heavy atom. The minimum absolute atomic E-state index is 0.276. The lowest BCUT2D eigenvalue weighted by Gasteiger charge is -2.24. The van der Waals surface area contributed by atoms with E-state index in [2.05, 4.69) is 32.8 Å². The van der Waals surface area contributed by atoms with E-state index in [0.717, 1.165) is 18.5 Å². The number of aliphatic hydroxyl groups is 1. The second-order valence-corrected chi connectivity index (χ2v) is 6.44. The molecule has 0 saturated carbocycles. The van der Waals surface area contributed by atoms with Crippen LogP contribution in [0.4, 0.5) is 0 Å². The van der Waals surface area contributed by atoms with E-state index in [1.165, 1.54) is 0 Å². The molecule has 0 aliphatic rings. The van der Waals surface area contributed by atoms with Crippen LogP contribution in [-0.4, -0.2) is 21.0 Å². The number of hydrogen-bond acceptors (Lipinski definition) is 2. The first-order valence-electron chi connectivity index (χ1n) is 6.43. The molecule has 2 unspecified atom stereocenters. The van der Waals surface area contributed by atoms with Crippen LogP contribution in [0, 0.1) is 11.3 Å². The third-order valence-corrected chi connectivity index (χ3v) is 2.85. The average Bonchev–Trinajstić information content (AvgIpc) is 2.46. The minimum Gasteiger partial charge on any atom is -0.393 e. The Morgan fingerprint density at radius 1 is 1.41 bits per heavy atom. The van der Waals surface area contributed by atoms with Crippen LogP contribution in [0.25, 0.3) is 0 Å². The van der Waals surface area contributed by atoms with Crippen molar-refractivity contribution >= 4 is 0 Å². The van der Waals surface area contributed by atoms with Gasteiger partial charge in [0.05, 0.1) is 11.8 Å². The number of aliphatic hydroxyl groups excluding tert-OH is 1. The normalized spacial score (nSPS) is 15.9. The molecule has 0 amide bonds. The van der Waals surface area contributed by atoms with E-state index in [1.807, 2.05) is 19.3 Å². The van der Waals surface area contributed by atoms with E-state index < -0.39 is 0 Å². The van der Waals surface area contributed by atoms with Crippen molar-refractivity contribution in [2.24, 2.45) is 18.4 Å². The third kappa shape index (κ3) is 5.87. The van der Waals surface area contributed by atoms with Crippen molar-refractivity contribution in [3.63, 3.8) is 0 Å². The lowest BCUT2D eigenvalue weighted by atomic mass is 9.83. The molecule has 0 radical (unpaired) electrons. The van der Waals surface area contributed by atoms with Crippen molar-refractivity contribution in [1.29, 1.82) is 0 Å². The second-order valence-electron chi connectivity index (χ2n) is 6.44. The van der Waals surface area contributed by atoms with Crippen LogP contribution < -0.4 is 0 Å². The van der Waals surface area contributed by atoms with Gasteiger partial charge in [0.2, 0.25) is 0 Å². The molecule has 0 saturated heterocycles. The molecule has 1 rings (SSSR count). The van der Waals surface area contributed by atoms with E-state index in [-0.39, 0.29) is 6.10 Å². The predicted molar refractivity (Wildman–Crippen MR) is 70.8 cm³/mol. The number of rotatable bonds is 5. The molecule has 0 aliphatic carbocycles. The Kier molecular flexibility index (Phi) is 4.75. The summed E-state index contributed by atoms with van der Waals surface area (Å²) >= 11 is 0. The zero-order valence-electron chi connectivity index (χ0n) is 11.8. The zero-order chi connectivity index (χ0) is 13.1. The molecule has 0 bridgehead atoms. The van der Waals surface area contributed by atoms with Gasteiger partial charge in [0.25, 0.3) is 0 Å². The summed E-state index contributed by atoms with van der Waals surface area (Å²) in [5.41, 5.74) is 1.31. The van der Waals surface area contributed by atoms with Gasteiger partial charge in [-0.15, -0.1) is 0 Å². The van der Waals surface area contributed by atoms with Crippen LogP contribution in [0.3, 0.4) is 0 Å². The summed E-state index contributed by atoms with van der Waals surface area (Å²) in [4.78, 5) is 0. The molecule has 1 aromatic rings. The average molecular weight is 238 g/mol. The van der Waals surface area contributed by atoms with Gasteiger partial charge in [0, 0.05) is 19.7 Å². The van der Waals surface area contributed by atoms with E-state index >= 15 is 0 Å². The molecular formula is C14H26N2O. The van der Waals surface area contributed by atoms with Crippen LogP contribution in [0.5, 0.6) is 0 Å². The van der Waals surface area contributed by atoms with Crippen molar-refractivity contribution < 1.29 is 5.11 Å². The van der Waals surface area contributed by atoms with Gasteiger partial charge in [-0.25, -0.2) is 0 Å².